The number of nitrogens with one attached hydrogen (secondary N) is 1. The lowest BCUT2D eigenvalue weighted by molar-refractivity contribution is 0.292. The molecule has 0 radical (unpaired) electrons. The van der Waals surface area contributed by atoms with E-state index in [1.54, 1.807) is 0 Å². The lowest BCUT2D eigenvalue weighted by Gasteiger charge is -2.22. The summed E-state index contributed by atoms with van der Waals surface area (Å²) >= 11 is 0. The predicted molar refractivity (Wildman–Crippen MR) is 86.1 cm³/mol. The standard InChI is InChI=1S/C16H29N5/c1-5-21(11-13(2)3)12-16-19-18-15(20(16)4)10-14-6-8-17-9-7-14/h14,17H,2,5-12H2,1,3-4H3. The summed E-state index contributed by atoms with van der Waals surface area (Å²) in [6.45, 7) is 13.3. The summed E-state index contributed by atoms with van der Waals surface area (Å²) in [6, 6.07) is 0. The molecule has 0 amide bonds. The summed E-state index contributed by atoms with van der Waals surface area (Å²) in [4.78, 5) is 2.35. The van der Waals surface area contributed by atoms with Crippen molar-refractivity contribution in [2.24, 2.45) is 13.0 Å². The van der Waals surface area contributed by atoms with E-state index >= 15 is 0 Å². The van der Waals surface area contributed by atoms with Crippen LogP contribution in [0.4, 0.5) is 0 Å². The number of rotatable bonds is 7. The number of likely N-dealkylation sites (N-methyl/N-ethyl adjacent to an activating group) is 1. The quantitative estimate of drug-likeness (QED) is 0.778. The Bertz CT molecular complexity index is 459. The summed E-state index contributed by atoms with van der Waals surface area (Å²) in [5, 5.41) is 12.2. The van der Waals surface area contributed by atoms with Gasteiger partial charge < -0.3 is 9.88 Å². The second-order valence-corrected chi connectivity index (χ2v) is 6.25. The van der Waals surface area contributed by atoms with Crippen LogP contribution in [-0.2, 0) is 20.0 Å². The van der Waals surface area contributed by atoms with E-state index in [1.807, 2.05) is 0 Å². The first kappa shape index (κ1) is 16.2. The third-order valence-corrected chi connectivity index (χ3v) is 4.29. The van der Waals surface area contributed by atoms with E-state index in [0.29, 0.717) is 0 Å². The lowest BCUT2D eigenvalue weighted by atomic mass is 9.94. The zero-order valence-electron chi connectivity index (χ0n) is 13.7. The second-order valence-electron chi connectivity index (χ2n) is 6.25. The highest BCUT2D eigenvalue weighted by molar-refractivity contribution is 4.99. The Morgan fingerprint density at radius 3 is 2.62 bits per heavy atom. The normalized spacial score (nSPS) is 16.6. The van der Waals surface area contributed by atoms with Gasteiger partial charge in [0.15, 0.2) is 0 Å². The van der Waals surface area contributed by atoms with E-state index in [2.05, 4.69) is 52.5 Å². The van der Waals surface area contributed by atoms with Crippen LogP contribution in [0.1, 0.15) is 38.3 Å². The zero-order valence-corrected chi connectivity index (χ0v) is 13.7. The van der Waals surface area contributed by atoms with E-state index in [1.165, 1.54) is 18.4 Å². The minimum Gasteiger partial charge on any atom is -0.317 e. The van der Waals surface area contributed by atoms with E-state index < -0.39 is 0 Å². The van der Waals surface area contributed by atoms with Gasteiger partial charge in [-0.2, -0.15) is 0 Å². The van der Waals surface area contributed by atoms with Gasteiger partial charge in [-0.15, -0.1) is 10.2 Å². The number of piperidine rings is 1. The molecule has 5 heteroatoms. The van der Waals surface area contributed by atoms with Crippen molar-refractivity contribution in [3.8, 4) is 0 Å². The van der Waals surface area contributed by atoms with Gasteiger partial charge in [0.25, 0.3) is 0 Å². The van der Waals surface area contributed by atoms with Crippen molar-refractivity contribution in [3.05, 3.63) is 23.8 Å². The summed E-state index contributed by atoms with van der Waals surface area (Å²) in [5.74, 6) is 2.94. The van der Waals surface area contributed by atoms with Gasteiger partial charge in [-0.1, -0.05) is 19.1 Å². The summed E-state index contributed by atoms with van der Waals surface area (Å²) in [5.41, 5.74) is 1.19. The van der Waals surface area contributed by atoms with Crippen LogP contribution in [0.15, 0.2) is 12.2 Å². The van der Waals surface area contributed by atoms with Crippen LogP contribution < -0.4 is 5.32 Å². The number of hydrogen-bond donors (Lipinski definition) is 1. The van der Waals surface area contributed by atoms with Gasteiger partial charge in [-0.25, -0.2) is 0 Å². The maximum Gasteiger partial charge on any atom is 0.146 e. The first-order valence-corrected chi connectivity index (χ1v) is 8.04. The summed E-state index contributed by atoms with van der Waals surface area (Å²) in [6.07, 6.45) is 3.55. The fraction of sp³-hybridized carbons (Fsp3) is 0.750. The number of nitrogens with zero attached hydrogens (tertiary/aromatic N) is 4. The number of hydrogen-bond acceptors (Lipinski definition) is 4. The highest BCUT2D eigenvalue weighted by Gasteiger charge is 2.18. The molecule has 1 aromatic rings. The Morgan fingerprint density at radius 2 is 2.00 bits per heavy atom. The molecule has 118 valence electrons. The van der Waals surface area contributed by atoms with Crippen LogP contribution in [-0.4, -0.2) is 45.8 Å². The van der Waals surface area contributed by atoms with Gasteiger partial charge in [0.1, 0.15) is 11.6 Å². The third kappa shape index (κ3) is 4.64. The molecule has 21 heavy (non-hydrogen) atoms. The predicted octanol–water partition coefficient (Wildman–Crippen LogP) is 1.76. The molecular formula is C16H29N5. The maximum atomic E-state index is 4.42. The molecule has 0 saturated carbocycles. The molecule has 0 atom stereocenters. The molecule has 1 saturated heterocycles. The van der Waals surface area contributed by atoms with E-state index in [0.717, 1.165) is 56.7 Å². The monoisotopic (exact) mass is 291 g/mol. The average molecular weight is 291 g/mol. The van der Waals surface area contributed by atoms with Crippen molar-refractivity contribution >= 4 is 0 Å². The van der Waals surface area contributed by atoms with Crippen LogP contribution >= 0.6 is 0 Å². The van der Waals surface area contributed by atoms with Gasteiger partial charge in [0, 0.05) is 20.0 Å². The Labute approximate surface area is 128 Å². The van der Waals surface area contributed by atoms with E-state index in [4.69, 9.17) is 0 Å². The van der Waals surface area contributed by atoms with Crippen molar-refractivity contribution < 1.29 is 0 Å². The van der Waals surface area contributed by atoms with Crippen LogP contribution in [0, 0.1) is 5.92 Å². The van der Waals surface area contributed by atoms with Crippen molar-refractivity contribution in [1.29, 1.82) is 0 Å². The fourth-order valence-corrected chi connectivity index (χ4v) is 2.92. The Hall–Kier alpha value is -1.20. The lowest BCUT2D eigenvalue weighted by Crippen LogP contribution is -2.29. The van der Waals surface area contributed by atoms with Crippen LogP contribution in [0.25, 0.3) is 0 Å². The second kappa shape index (κ2) is 7.71. The van der Waals surface area contributed by atoms with Crippen LogP contribution in [0.3, 0.4) is 0 Å². The van der Waals surface area contributed by atoms with Gasteiger partial charge in [-0.05, 0) is 45.3 Å². The smallest absolute Gasteiger partial charge is 0.146 e. The Kier molecular flexibility index (Phi) is 5.94. The van der Waals surface area contributed by atoms with Crippen molar-refractivity contribution in [2.45, 2.75) is 39.7 Å². The van der Waals surface area contributed by atoms with Gasteiger partial charge >= 0.3 is 0 Å². The van der Waals surface area contributed by atoms with Crippen molar-refractivity contribution in [1.82, 2.24) is 25.0 Å². The van der Waals surface area contributed by atoms with Crippen LogP contribution in [0.5, 0.6) is 0 Å². The van der Waals surface area contributed by atoms with Crippen LogP contribution in [0.2, 0.25) is 0 Å². The molecule has 2 rings (SSSR count). The van der Waals surface area contributed by atoms with Gasteiger partial charge in [0.2, 0.25) is 0 Å². The molecule has 0 aliphatic carbocycles. The molecule has 1 N–H and O–H groups in total. The molecule has 0 aromatic carbocycles. The average Bonchev–Trinajstić information content (AvgIpc) is 2.80. The molecular weight excluding hydrogens is 262 g/mol. The molecule has 0 bridgehead atoms. The minimum atomic E-state index is 0.750. The highest BCUT2D eigenvalue weighted by atomic mass is 15.3. The molecule has 2 heterocycles. The molecule has 1 aliphatic rings. The van der Waals surface area contributed by atoms with Gasteiger partial charge in [-0.3, -0.25) is 4.90 Å². The summed E-state index contributed by atoms with van der Waals surface area (Å²) in [7, 11) is 2.10. The zero-order chi connectivity index (χ0) is 15.2. The molecule has 1 aliphatic heterocycles. The first-order chi connectivity index (χ1) is 10.1. The molecule has 0 unspecified atom stereocenters. The van der Waals surface area contributed by atoms with E-state index in [-0.39, 0.29) is 0 Å². The molecule has 5 nitrogen and oxygen atoms in total. The minimum absolute atomic E-state index is 0.750. The number of aromatic nitrogens is 3. The largest absolute Gasteiger partial charge is 0.317 e. The molecule has 1 fully saturated rings. The third-order valence-electron chi connectivity index (χ3n) is 4.29. The molecule has 1 aromatic heterocycles. The first-order valence-electron chi connectivity index (χ1n) is 8.04. The molecule has 0 spiro atoms. The van der Waals surface area contributed by atoms with Gasteiger partial charge in [0.05, 0.1) is 6.54 Å². The summed E-state index contributed by atoms with van der Waals surface area (Å²) < 4.78 is 2.18. The fourth-order valence-electron chi connectivity index (χ4n) is 2.92. The maximum absolute atomic E-state index is 4.42. The Balaban J connectivity index is 1.96. The SMILES string of the molecule is C=C(C)CN(CC)Cc1nnc(CC2CCNCC2)n1C. The Morgan fingerprint density at radius 1 is 1.33 bits per heavy atom. The van der Waals surface area contributed by atoms with Crippen molar-refractivity contribution in [3.63, 3.8) is 0 Å². The van der Waals surface area contributed by atoms with Crippen molar-refractivity contribution in [2.75, 3.05) is 26.2 Å². The van der Waals surface area contributed by atoms with E-state index in [9.17, 15) is 0 Å². The highest BCUT2D eigenvalue weighted by Crippen LogP contribution is 2.17. The topological polar surface area (TPSA) is 46.0 Å².